The summed E-state index contributed by atoms with van der Waals surface area (Å²) in [4.78, 5) is 29.9. The van der Waals surface area contributed by atoms with Crippen molar-refractivity contribution in [3.8, 4) is 11.5 Å². The molecule has 2 heterocycles. The lowest BCUT2D eigenvalue weighted by molar-refractivity contribution is -0.145. The van der Waals surface area contributed by atoms with Crippen LogP contribution in [0.5, 0.6) is 0 Å². The fourth-order valence-electron chi connectivity index (χ4n) is 3.15. The Morgan fingerprint density at radius 3 is 2.70 bits per heavy atom. The largest absolute Gasteiger partial charge is 0.469 e. The molecule has 1 aliphatic heterocycles. The molecule has 2 aromatic carbocycles. The minimum atomic E-state index is -0.439. The molecule has 0 saturated carbocycles. The zero-order valence-electron chi connectivity index (χ0n) is 14.2. The Bertz CT molecular complexity index is 1050. The van der Waals surface area contributed by atoms with Crippen molar-refractivity contribution in [3.05, 3.63) is 46.4 Å². The molecule has 0 spiro atoms. The Labute approximate surface area is 164 Å². The predicted molar refractivity (Wildman–Crippen MR) is 102 cm³/mol. The summed E-state index contributed by atoms with van der Waals surface area (Å²) in [6, 6.07) is 10.5. The van der Waals surface area contributed by atoms with E-state index < -0.39 is 5.92 Å². The number of hydrogen-bond acceptors (Lipinski definition) is 5. The number of hydrogen-bond donors (Lipinski definition) is 0. The van der Waals surface area contributed by atoms with E-state index in [4.69, 9.17) is 32.4 Å². The summed E-state index contributed by atoms with van der Waals surface area (Å²) in [5, 5.41) is 0.875. The molecule has 1 atom stereocenters. The molecule has 4 rings (SSSR count). The number of fused-ring (bicyclic) bond motifs is 1. The van der Waals surface area contributed by atoms with Crippen LogP contribution >= 0.6 is 23.2 Å². The SMILES string of the molecule is COC(=O)C1CC(=O)N(c2ccc(-c3nc4cc(Cl)cc(Cl)c4o3)cc2)C1. The number of aromatic nitrogens is 1. The molecule has 1 aromatic heterocycles. The molecule has 0 aliphatic carbocycles. The number of carbonyl (C=O) groups is 2. The zero-order valence-corrected chi connectivity index (χ0v) is 15.8. The van der Waals surface area contributed by atoms with Gasteiger partial charge in [0.15, 0.2) is 5.58 Å². The quantitative estimate of drug-likeness (QED) is 0.607. The van der Waals surface area contributed by atoms with E-state index in [-0.39, 0.29) is 18.3 Å². The number of benzene rings is 2. The summed E-state index contributed by atoms with van der Waals surface area (Å²) >= 11 is 12.1. The first-order valence-electron chi connectivity index (χ1n) is 8.20. The molecule has 8 heteroatoms. The van der Waals surface area contributed by atoms with Gasteiger partial charge in [0, 0.05) is 29.2 Å². The van der Waals surface area contributed by atoms with Crippen LogP contribution in [0.25, 0.3) is 22.6 Å². The number of anilines is 1. The van der Waals surface area contributed by atoms with Gasteiger partial charge in [0.25, 0.3) is 0 Å². The van der Waals surface area contributed by atoms with Gasteiger partial charge in [0.2, 0.25) is 11.8 Å². The number of carbonyl (C=O) groups excluding carboxylic acids is 2. The first-order valence-corrected chi connectivity index (χ1v) is 8.96. The molecule has 6 nitrogen and oxygen atoms in total. The highest BCUT2D eigenvalue weighted by Crippen LogP contribution is 2.33. The Kier molecular flexibility index (Phi) is 4.53. The van der Waals surface area contributed by atoms with Crippen molar-refractivity contribution in [1.29, 1.82) is 0 Å². The maximum Gasteiger partial charge on any atom is 0.311 e. The van der Waals surface area contributed by atoms with Crippen molar-refractivity contribution in [2.75, 3.05) is 18.6 Å². The van der Waals surface area contributed by atoms with Crippen LogP contribution in [0.2, 0.25) is 10.0 Å². The third kappa shape index (κ3) is 3.26. The molecular weight excluding hydrogens is 391 g/mol. The number of oxazole rings is 1. The van der Waals surface area contributed by atoms with Crippen molar-refractivity contribution in [3.63, 3.8) is 0 Å². The Hall–Kier alpha value is -2.57. The molecule has 1 unspecified atom stereocenters. The Balaban J connectivity index is 1.60. The van der Waals surface area contributed by atoms with Crippen LogP contribution in [0.3, 0.4) is 0 Å². The second kappa shape index (κ2) is 6.87. The number of methoxy groups -OCH3 is 1. The molecule has 0 N–H and O–H groups in total. The molecule has 0 radical (unpaired) electrons. The molecule has 27 heavy (non-hydrogen) atoms. The van der Waals surface area contributed by atoms with Crippen molar-refractivity contribution in [1.82, 2.24) is 4.98 Å². The van der Waals surface area contributed by atoms with Gasteiger partial charge in [-0.3, -0.25) is 9.59 Å². The second-order valence-electron chi connectivity index (χ2n) is 6.23. The van der Waals surface area contributed by atoms with Gasteiger partial charge in [0.05, 0.1) is 18.1 Å². The third-order valence-electron chi connectivity index (χ3n) is 4.49. The Morgan fingerprint density at radius 2 is 2.00 bits per heavy atom. The van der Waals surface area contributed by atoms with Gasteiger partial charge in [-0.1, -0.05) is 23.2 Å². The summed E-state index contributed by atoms with van der Waals surface area (Å²) in [6.07, 6.45) is 0.152. The highest BCUT2D eigenvalue weighted by atomic mass is 35.5. The number of amides is 1. The maximum atomic E-state index is 12.2. The van der Waals surface area contributed by atoms with E-state index in [1.807, 2.05) is 0 Å². The first kappa shape index (κ1) is 17.8. The van der Waals surface area contributed by atoms with E-state index in [0.29, 0.717) is 39.3 Å². The van der Waals surface area contributed by atoms with Crippen molar-refractivity contribution < 1.29 is 18.7 Å². The first-order chi connectivity index (χ1) is 13.0. The maximum absolute atomic E-state index is 12.2. The molecule has 1 saturated heterocycles. The summed E-state index contributed by atoms with van der Waals surface area (Å²) in [7, 11) is 1.32. The van der Waals surface area contributed by atoms with Crippen LogP contribution in [0.15, 0.2) is 40.8 Å². The van der Waals surface area contributed by atoms with Gasteiger partial charge in [-0.15, -0.1) is 0 Å². The molecule has 1 amide bonds. The average Bonchev–Trinajstić information content (AvgIpc) is 3.25. The summed E-state index contributed by atoms with van der Waals surface area (Å²) in [5.41, 5.74) is 2.48. The fraction of sp³-hybridized carbons (Fsp3) is 0.211. The van der Waals surface area contributed by atoms with Gasteiger partial charge in [-0.2, -0.15) is 0 Å². The van der Waals surface area contributed by atoms with E-state index in [9.17, 15) is 9.59 Å². The smallest absolute Gasteiger partial charge is 0.311 e. The topological polar surface area (TPSA) is 72.6 Å². The van der Waals surface area contributed by atoms with Gasteiger partial charge in [-0.05, 0) is 36.4 Å². The van der Waals surface area contributed by atoms with Crippen LogP contribution in [0.4, 0.5) is 5.69 Å². The lowest BCUT2D eigenvalue weighted by Gasteiger charge is -2.16. The monoisotopic (exact) mass is 404 g/mol. The van der Waals surface area contributed by atoms with Gasteiger partial charge in [-0.25, -0.2) is 4.98 Å². The number of halogens is 2. The predicted octanol–water partition coefficient (Wildman–Crippen LogP) is 4.33. The minimum absolute atomic E-state index is 0.110. The molecule has 3 aromatic rings. The molecule has 1 aliphatic rings. The lowest BCUT2D eigenvalue weighted by atomic mass is 10.1. The van der Waals surface area contributed by atoms with Crippen LogP contribution in [0, 0.1) is 5.92 Å². The normalized spacial score (nSPS) is 16.9. The summed E-state index contributed by atoms with van der Waals surface area (Å²) in [6.45, 7) is 0.307. The van der Waals surface area contributed by atoms with Crippen LogP contribution in [-0.2, 0) is 14.3 Å². The molecule has 1 fully saturated rings. The van der Waals surface area contributed by atoms with Crippen molar-refractivity contribution >= 4 is 51.9 Å². The highest BCUT2D eigenvalue weighted by molar-refractivity contribution is 6.38. The fourth-order valence-corrected chi connectivity index (χ4v) is 3.67. The van der Waals surface area contributed by atoms with Crippen LogP contribution in [0.1, 0.15) is 6.42 Å². The van der Waals surface area contributed by atoms with E-state index in [2.05, 4.69) is 4.98 Å². The number of esters is 1. The number of nitrogens with zero attached hydrogens (tertiary/aromatic N) is 2. The molecule has 138 valence electrons. The van der Waals surface area contributed by atoms with Gasteiger partial charge in [0.1, 0.15) is 5.52 Å². The minimum Gasteiger partial charge on any atom is -0.469 e. The van der Waals surface area contributed by atoms with E-state index >= 15 is 0 Å². The van der Waals surface area contributed by atoms with E-state index in [1.54, 1.807) is 41.3 Å². The standard InChI is InChI=1S/C19H14Cl2N2O4/c1-26-19(25)11-6-16(24)23(9-11)13-4-2-10(3-5-13)18-22-15-8-12(20)7-14(21)17(15)27-18/h2-5,7-8,11H,6,9H2,1H3. The zero-order chi connectivity index (χ0) is 19.1. The van der Waals surface area contributed by atoms with E-state index in [0.717, 1.165) is 5.56 Å². The van der Waals surface area contributed by atoms with Gasteiger partial charge >= 0.3 is 5.97 Å². The summed E-state index contributed by atoms with van der Waals surface area (Å²) < 4.78 is 10.5. The van der Waals surface area contributed by atoms with Crippen molar-refractivity contribution in [2.24, 2.45) is 5.92 Å². The molecular formula is C19H14Cl2N2O4. The van der Waals surface area contributed by atoms with Crippen LogP contribution < -0.4 is 4.90 Å². The lowest BCUT2D eigenvalue weighted by Crippen LogP contribution is -2.26. The van der Waals surface area contributed by atoms with E-state index in [1.165, 1.54) is 7.11 Å². The summed E-state index contributed by atoms with van der Waals surface area (Å²) in [5.74, 6) is -0.516. The molecule has 0 bridgehead atoms. The third-order valence-corrected chi connectivity index (χ3v) is 4.99. The number of rotatable bonds is 3. The average molecular weight is 405 g/mol. The second-order valence-corrected chi connectivity index (χ2v) is 7.07. The highest BCUT2D eigenvalue weighted by Gasteiger charge is 2.35. The van der Waals surface area contributed by atoms with Crippen molar-refractivity contribution in [2.45, 2.75) is 6.42 Å². The van der Waals surface area contributed by atoms with Crippen LogP contribution in [-0.4, -0.2) is 30.5 Å². The van der Waals surface area contributed by atoms with Gasteiger partial charge < -0.3 is 14.1 Å². The Morgan fingerprint density at radius 1 is 1.26 bits per heavy atom. The number of ether oxygens (including phenoxy) is 1.